The fourth-order valence-electron chi connectivity index (χ4n) is 2.09. The van der Waals surface area contributed by atoms with Crippen molar-refractivity contribution in [2.24, 2.45) is 0 Å². The van der Waals surface area contributed by atoms with Crippen molar-refractivity contribution in [3.05, 3.63) is 56.7 Å². The van der Waals surface area contributed by atoms with Crippen LogP contribution in [-0.4, -0.2) is 15.5 Å². The molecule has 0 radical (unpaired) electrons. The standard InChI is InChI=1S/C16H18BrN3O2/c1-3-4-13-8-16(22)20(10-18-13)9-15(21)19-14-6-5-12(17)7-11(14)2/h5-8,10H,3-4,9H2,1-2H3,(H,19,21). The Morgan fingerprint density at radius 1 is 1.36 bits per heavy atom. The van der Waals surface area contributed by atoms with Gasteiger partial charge in [0.1, 0.15) is 6.54 Å². The van der Waals surface area contributed by atoms with Gasteiger partial charge in [-0.05, 0) is 37.1 Å². The van der Waals surface area contributed by atoms with E-state index in [0.29, 0.717) is 0 Å². The lowest BCUT2D eigenvalue weighted by molar-refractivity contribution is -0.116. The van der Waals surface area contributed by atoms with Crippen molar-refractivity contribution < 1.29 is 4.79 Å². The van der Waals surface area contributed by atoms with Crippen LogP contribution >= 0.6 is 15.9 Å². The molecule has 2 aromatic rings. The van der Waals surface area contributed by atoms with Gasteiger partial charge in [-0.3, -0.25) is 14.2 Å². The number of carbonyl (C=O) groups excluding carboxylic acids is 1. The number of benzene rings is 1. The van der Waals surface area contributed by atoms with Crippen LogP contribution in [0.5, 0.6) is 0 Å². The third-order valence-corrected chi connectivity index (χ3v) is 3.71. The Balaban J connectivity index is 2.07. The van der Waals surface area contributed by atoms with Crippen molar-refractivity contribution in [2.45, 2.75) is 33.2 Å². The van der Waals surface area contributed by atoms with Crippen molar-refractivity contribution in [3.8, 4) is 0 Å². The van der Waals surface area contributed by atoms with Crippen LogP contribution in [0.4, 0.5) is 5.69 Å². The van der Waals surface area contributed by atoms with Crippen molar-refractivity contribution in [1.29, 1.82) is 0 Å². The molecule has 0 spiro atoms. The molecule has 0 saturated carbocycles. The molecule has 5 nitrogen and oxygen atoms in total. The van der Waals surface area contributed by atoms with E-state index in [-0.39, 0.29) is 18.0 Å². The van der Waals surface area contributed by atoms with E-state index in [9.17, 15) is 9.59 Å². The number of rotatable bonds is 5. The van der Waals surface area contributed by atoms with Crippen LogP contribution < -0.4 is 10.9 Å². The normalized spacial score (nSPS) is 10.5. The molecule has 0 atom stereocenters. The molecule has 0 saturated heterocycles. The van der Waals surface area contributed by atoms with Gasteiger partial charge in [-0.2, -0.15) is 0 Å². The number of aromatic nitrogens is 2. The molecule has 0 aliphatic heterocycles. The molecule has 1 aromatic carbocycles. The van der Waals surface area contributed by atoms with Crippen molar-refractivity contribution in [1.82, 2.24) is 9.55 Å². The lowest BCUT2D eigenvalue weighted by atomic mass is 10.2. The Morgan fingerprint density at radius 2 is 2.14 bits per heavy atom. The van der Waals surface area contributed by atoms with Crippen LogP contribution in [-0.2, 0) is 17.8 Å². The predicted molar refractivity (Wildman–Crippen MR) is 90.0 cm³/mol. The van der Waals surface area contributed by atoms with Gasteiger partial charge in [-0.25, -0.2) is 4.98 Å². The summed E-state index contributed by atoms with van der Waals surface area (Å²) < 4.78 is 2.26. The van der Waals surface area contributed by atoms with Gasteiger partial charge in [0.15, 0.2) is 0 Å². The number of aryl methyl sites for hydroxylation is 2. The summed E-state index contributed by atoms with van der Waals surface area (Å²) in [5.74, 6) is -0.252. The monoisotopic (exact) mass is 363 g/mol. The highest BCUT2D eigenvalue weighted by molar-refractivity contribution is 9.10. The zero-order chi connectivity index (χ0) is 16.1. The number of carbonyl (C=O) groups is 1. The molecule has 1 N–H and O–H groups in total. The second-order valence-corrected chi connectivity index (χ2v) is 6.02. The highest BCUT2D eigenvalue weighted by Crippen LogP contribution is 2.19. The maximum atomic E-state index is 12.1. The van der Waals surface area contributed by atoms with Crippen LogP contribution in [0, 0.1) is 6.92 Å². The number of hydrogen-bond donors (Lipinski definition) is 1. The van der Waals surface area contributed by atoms with Gasteiger partial charge in [-0.1, -0.05) is 29.3 Å². The summed E-state index contributed by atoms with van der Waals surface area (Å²) in [5.41, 5.74) is 2.23. The number of nitrogens with zero attached hydrogens (tertiary/aromatic N) is 2. The fraction of sp³-hybridized carbons (Fsp3) is 0.312. The highest BCUT2D eigenvalue weighted by Gasteiger charge is 2.08. The van der Waals surface area contributed by atoms with Gasteiger partial charge < -0.3 is 5.32 Å². The molecule has 1 amide bonds. The summed E-state index contributed by atoms with van der Waals surface area (Å²) >= 11 is 3.38. The highest BCUT2D eigenvalue weighted by atomic mass is 79.9. The van der Waals surface area contributed by atoms with Crippen LogP contribution in [0.25, 0.3) is 0 Å². The maximum Gasteiger partial charge on any atom is 0.253 e. The average Bonchev–Trinajstić information content (AvgIpc) is 2.45. The molecule has 0 aliphatic rings. The molecule has 0 unspecified atom stereocenters. The SMILES string of the molecule is CCCc1cc(=O)n(CC(=O)Nc2ccc(Br)cc2C)cn1. The topological polar surface area (TPSA) is 64.0 Å². The third kappa shape index (κ3) is 4.27. The first-order chi connectivity index (χ1) is 10.5. The Kier molecular flexibility index (Phi) is 5.49. The lowest BCUT2D eigenvalue weighted by Crippen LogP contribution is -2.28. The number of nitrogens with one attached hydrogen (secondary N) is 1. The van der Waals surface area contributed by atoms with E-state index in [4.69, 9.17) is 0 Å². The number of amides is 1. The summed E-state index contributed by atoms with van der Waals surface area (Å²) in [5, 5.41) is 2.81. The summed E-state index contributed by atoms with van der Waals surface area (Å²) in [7, 11) is 0. The van der Waals surface area contributed by atoms with E-state index < -0.39 is 0 Å². The Bertz CT molecular complexity index is 740. The molecule has 0 bridgehead atoms. The Morgan fingerprint density at radius 3 is 2.77 bits per heavy atom. The minimum Gasteiger partial charge on any atom is -0.324 e. The smallest absolute Gasteiger partial charge is 0.253 e. The van der Waals surface area contributed by atoms with E-state index in [1.54, 1.807) is 0 Å². The largest absolute Gasteiger partial charge is 0.324 e. The molecular weight excluding hydrogens is 346 g/mol. The first kappa shape index (κ1) is 16.4. The second-order valence-electron chi connectivity index (χ2n) is 5.10. The lowest BCUT2D eigenvalue weighted by Gasteiger charge is -2.10. The zero-order valence-corrected chi connectivity index (χ0v) is 14.2. The average molecular weight is 364 g/mol. The zero-order valence-electron chi connectivity index (χ0n) is 12.6. The minimum absolute atomic E-state index is 0.0479. The van der Waals surface area contributed by atoms with Crippen LogP contribution in [0.2, 0.25) is 0 Å². The first-order valence-corrected chi connectivity index (χ1v) is 7.90. The van der Waals surface area contributed by atoms with E-state index >= 15 is 0 Å². The fourth-order valence-corrected chi connectivity index (χ4v) is 2.56. The van der Waals surface area contributed by atoms with Gasteiger partial charge in [0.25, 0.3) is 5.56 Å². The van der Waals surface area contributed by atoms with E-state index in [0.717, 1.165) is 34.3 Å². The Hall–Kier alpha value is -1.95. The van der Waals surface area contributed by atoms with Gasteiger partial charge in [0.2, 0.25) is 5.91 Å². The number of anilines is 1. The molecular formula is C16H18BrN3O2. The molecule has 1 heterocycles. The quantitative estimate of drug-likeness (QED) is 0.887. The summed E-state index contributed by atoms with van der Waals surface area (Å²) in [6.45, 7) is 3.89. The van der Waals surface area contributed by atoms with Gasteiger partial charge >= 0.3 is 0 Å². The number of halogens is 1. The van der Waals surface area contributed by atoms with E-state index in [1.807, 2.05) is 32.0 Å². The van der Waals surface area contributed by atoms with Gasteiger partial charge in [-0.15, -0.1) is 0 Å². The molecule has 0 aliphatic carbocycles. The van der Waals surface area contributed by atoms with Crippen molar-refractivity contribution in [2.75, 3.05) is 5.32 Å². The Labute approximate surface area is 137 Å². The molecule has 6 heteroatoms. The van der Waals surface area contributed by atoms with E-state index in [1.165, 1.54) is 17.0 Å². The molecule has 1 aromatic heterocycles. The van der Waals surface area contributed by atoms with E-state index in [2.05, 4.69) is 26.2 Å². The second kappa shape index (κ2) is 7.35. The summed E-state index contributed by atoms with van der Waals surface area (Å²) in [6.07, 6.45) is 3.13. The van der Waals surface area contributed by atoms with Crippen molar-refractivity contribution >= 4 is 27.5 Å². The molecule has 0 fully saturated rings. The predicted octanol–water partition coefficient (Wildman–Crippen LogP) is 2.91. The van der Waals surface area contributed by atoms with Crippen LogP contribution in [0.15, 0.2) is 39.9 Å². The first-order valence-electron chi connectivity index (χ1n) is 7.11. The van der Waals surface area contributed by atoms with Gasteiger partial charge in [0, 0.05) is 21.9 Å². The van der Waals surface area contributed by atoms with Crippen molar-refractivity contribution in [3.63, 3.8) is 0 Å². The number of hydrogen-bond acceptors (Lipinski definition) is 3. The molecule has 2 rings (SSSR count). The summed E-state index contributed by atoms with van der Waals surface area (Å²) in [4.78, 5) is 28.2. The minimum atomic E-state index is -0.252. The molecule has 116 valence electrons. The van der Waals surface area contributed by atoms with Crippen LogP contribution in [0.3, 0.4) is 0 Å². The molecule has 22 heavy (non-hydrogen) atoms. The van der Waals surface area contributed by atoms with Crippen LogP contribution in [0.1, 0.15) is 24.6 Å². The summed E-state index contributed by atoms with van der Waals surface area (Å²) in [6, 6.07) is 7.09. The van der Waals surface area contributed by atoms with Gasteiger partial charge in [0.05, 0.1) is 6.33 Å². The third-order valence-electron chi connectivity index (χ3n) is 3.22. The maximum absolute atomic E-state index is 12.1.